The van der Waals surface area contributed by atoms with Gasteiger partial charge in [0.15, 0.2) is 0 Å². The monoisotopic (exact) mass is 636 g/mol. The van der Waals surface area contributed by atoms with Crippen molar-refractivity contribution >= 4 is 23.8 Å². The minimum atomic E-state index is -1.39. The normalized spacial score (nSPS) is 12.8. The van der Waals surface area contributed by atoms with Crippen LogP contribution in [0.2, 0.25) is 0 Å². The van der Waals surface area contributed by atoms with Crippen molar-refractivity contribution in [1.82, 2.24) is 10.6 Å². The molecule has 0 aromatic rings. The van der Waals surface area contributed by atoms with Gasteiger partial charge in [0, 0.05) is 12.8 Å². The second-order valence-electron chi connectivity index (χ2n) is 11.9. The van der Waals surface area contributed by atoms with Crippen LogP contribution < -0.4 is 10.6 Å². The summed E-state index contributed by atoms with van der Waals surface area (Å²) in [6.07, 6.45) is 30.9. The van der Waals surface area contributed by atoms with Crippen LogP contribution in [0, 0.1) is 0 Å². The predicted molar refractivity (Wildman–Crippen MR) is 181 cm³/mol. The third kappa shape index (κ3) is 28.5. The number of unbranched alkanes of at least 4 members (excludes halogenated alkanes) is 15. The topological polar surface area (TPSA) is 142 Å². The summed E-state index contributed by atoms with van der Waals surface area (Å²) in [5.74, 6) is -2.42. The van der Waals surface area contributed by atoms with E-state index in [-0.39, 0.29) is 30.9 Å². The molecular formula is C36H64N2O7. The number of carbonyl (C=O) groups excluding carboxylic acids is 3. The molecule has 0 aliphatic rings. The molecule has 2 amide bonds. The lowest BCUT2D eigenvalue weighted by Gasteiger charge is -2.15. The third-order valence-corrected chi connectivity index (χ3v) is 7.66. The maximum Gasteiger partial charge on any atom is 0.328 e. The summed E-state index contributed by atoms with van der Waals surface area (Å²) in [6.45, 7) is 3.36. The molecule has 0 aromatic heterocycles. The van der Waals surface area contributed by atoms with E-state index in [0.29, 0.717) is 12.8 Å². The van der Waals surface area contributed by atoms with Crippen molar-refractivity contribution in [2.45, 2.75) is 167 Å². The molecule has 9 heteroatoms. The van der Waals surface area contributed by atoms with Gasteiger partial charge in [-0.3, -0.25) is 14.4 Å². The van der Waals surface area contributed by atoms with E-state index >= 15 is 0 Å². The molecule has 0 heterocycles. The SMILES string of the molecule is CCCCC/C=C\C(CCCCCCC(=O)NCC(=O)NC(CO)C(=O)O)OC(=O)CCCCCCC/C=C\CCCCCC. The summed E-state index contributed by atoms with van der Waals surface area (Å²) in [4.78, 5) is 47.1. The van der Waals surface area contributed by atoms with E-state index in [0.717, 1.165) is 64.2 Å². The van der Waals surface area contributed by atoms with Crippen molar-refractivity contribution in [3.63, 3.8) is 0 Å². The Bertz CT molecular complexity index is 828. The van der Waals surface area contributed by atoms with Gasteiger partial charge < -0.3 is 25.6 Å². The van der Waals surface area contributed by atoms with Gasteiger partial charge in [-0.1, -0.05) is 96.3 Å². The summed E-state index contributed by atoms with van der Waals surface area (Å²) in [7, 11) is 0. The number of allylic oxidation sites excluding steroid dienone is 3. The fraction of sp³-hybridized carbons (Fsp3) is 0.778. The van der Waals surface area contributed by atoms with Crippen LogP contribution >= 0.6 is 0 Å². The Morgan fingerprint density at radius 3 is 1.84 bits per heavy atom. The first-order valence-electron chi connectivity index (χ1n) is 17.7. The zero-order chi connectivity index (χ0) is 33.4. The minimum absolute atomic E-state index is 0.126. The number of carbonyl (C=O) groups is 4. The van der Waals surface area contributed by atoms with Gasteiger partial charge in [-0.15, -0.1) is 0 Å². The number of amides is 2. The van der Waals surface area contributed by atoms with Crippen LogP contribution in [0.1, 0.15) is 155 Å². The van der Waals surface area contributed by atoms with Crippen LogP contribution in [-0.2, 0) is 23.9 Å². The van der Waals surface area contributed by atoms with Crippen molar-refractivity contribution in [2.24, 2.45) is 0 Å². The highest BCUT2D eigenvalue weighted by Gasteiger charge is 2.18. The molecule has 0 aliphatic heterocycles. The van der Waals surface area contributed by atoms with Gasteiger partial charge >= 0.3 is 11.9 Å². The molecule has 0 fully saturated rings. The van der Waals surface area contributed by atoms with Crippen LogP contribution in [0.3, 0.4) is 0 Å². The number of nitrogens with one attached hydrogen (secondary N) is 2. The second kappa shape index (κ2) is 31.3. The molecule has 45 heavy (non-hydrogen) atoms. The maximum absolute atomic E-state index is 12.5. The summed E-state index contributed by atoms with van der Waals surface area (Å²) < 4.78 is 5.82. The fourth-order valence-electron chi connectivity index (χ4n) is 4.85. The van der Waals surface area contributed by atoms with Crippen molar-refractivity contribution in [3.8, 4) is 0 Å². The number of aliphatic hydroxyl groups is 1. The van der Waals surface area contributed by atoms with E-state index in [2.05, 4.69) is 42.7 Å². The first-order valence-corrected chi connectivity index (χ1v) is 17.7. The lowest BCUT2D eigenvalue weighted by molar-refractivity contribution is -0.147. The quantitative estimate of drug-likeness (QED) is 0.0355. The summed E-state index contributed by atoms with van der Waals surface area (Å²) in [5, 5.41) is 22.4. The standard InChI is InChI=1S/C36H64N2O7/c1-3-5-7-9-10-11-12-13-14-15-16-18-24-28-35(42)45-31(25-21-17-8-6-4-2)26-22-19-20-23-27-33(40)37-29-34(41)38-32(30-39)36(43)44/h11-12,21,25,31-32,39H,3-10,13-20,22-24,26-30H2,1-2H3,(H,37,40)(H,38,41)(H,43,44)/b12-11-,25-21-. The average Bonchev–Trinajstić information content (AvgIpc) is 3.02. The highest BCUT2D eigenvalue weighted by molar-refractivity contribution is 5.87. The van der Waals surface area contributed by atoms with Gasteiger partial charge in [-0.05, 0) is 70.3 Å². The predicted octanol–water partition coefficient (Wildman–Crippen LogP) is 7.31. The number of esters is 1. The van der Waals surface area contributed by atoms with Crippen LogP contribution in [0.25, 0.3) is 0 Å². The van der Waals surface area contributed by atoms with Gasteiger partial charge in [0.1, 0.15) is 12.1 Å². The number of aliphatic hydroxyl groups excluding tert-OH is 1. The lowest BCUT2D eigenvalue weighted by Crippen LogP contribution is -2.47. The zero-order valence-electron chi connectivity index (χ0n) is 28.4. The molecular weight excluding hydrogens is 572 g/mol. The molecule has 0 bridgehead atoms. The van der Waals surface area contributed by atoms with Crippen molar-refractivity contribution < 1.29 is 34.1 Å². The molecule has 0 saturated heterocycles. The Kier molecular flexibility index (Phi) is 29.4. The summed E-state index contributed by atoms with van der Waals surface area (Å²) in [6, 6.07) is -1.39. The average molecular weight is 637 g/mol. The van der Waals surface area contributed by atoms with E-state index in [9.17, 15) is 19.2 Å². The number of rotatable bonds is 31. The number of ether oxygens (including phenoxy) is 1. The molecule has 0 aromatic carbocycles. The van der Waals surface area contributed by atoms with Crippen LogP contribution in [-0.4, -0.2) is 59.3 Å². The summed E-state index contributed by atoms with van der Waals surface area (Å²) >= 11 is 0. The molecule has 4 N–H and O–H groups in total. The van der Waals surface area contributed by atoms with Crippen LogP contribution in [0.15, 0.2) is 24.3 Å². The van der Waals surface area contributed by atoms with Crippen LogP contribution in [0.4, 0.5) is 0 Å². The molecule has 2 atom stereocenters. The zero-order valence-corrected chi connectivity index (χ0v) is 28.4. The highest BCUT2D eigenvalue weighted by atomic mass is 16.5. The molecule has 0 rings (SSSR count). The number of carboxylic acid groups (broad SMARTS) is 1. The molecule has 0 spiro atoms. The van der Waals surface area contributed by atoms with Gasteiger partial charge in [0.2, 0.25) is 11.8 Å². The highest BCUT2D eigenvalue weighted by Crippen LogP contribution is 2.15. The minimum Gasteiger partial charge on any atom is -0.480 e. The van der Waals surface area contributed by atoms with E-state index in [1.54, 1.807) is 0 Å². The Morgan fingerprint density at radius 2 is 1.20 bits per heavy atom. The van der Waals surface area contributed by atoms with E-state index in [1.807, 2.05) is 6.08 Å². The van der Waals surface area contributed by atoms with Crippen molar-refractivity contribution in [2.75, 3.05) is 13.2 Å². The third-order valence-electron chi connectivity index (χ3n) is 7.66. The molecule has 0 radical (unpaired) electrons. The van der Waals surface area contributed by atoms with E-state index in [1.165, 1.54) is 57.8 Å². The van der Waals surface area contributed by atoms with Crippen molar-refractivity contribution in [1.29, 1.82) is 0 Å². The number of aliphatic carboxylic acids is 1. The second-order valence-corrected chi connectivity index (χ2v) is 11.9. The molecule has 0 saturated carbocycles. The van der Waals surface area contributed by atoms with Crippen LogP contribution in [0.5, 0.6) is 0 Å². The van der Waals surface area contributed by atoms with E-state index < -0.39 is 24.5 Å². The summed E-state index contributed by atoms with van der Waals surface area (Å²) in [5.41, 5.74) is 0. The van der Waals surface area contributed by atoms with Gasteiger partial charge in [0.05, 0.1) is 13.2 Å². The Balaban J connectivity index is 4.18. The molecule has 2 unspecified atom stereocenters. The lowest BCUT2D eigenvalue weighted by atomic mass is 10.1. The largest absolute Gasteiger partial charge is 0.480 e. The first-order chi connectivity index (χ1) is 21.8. The Morgan fingerprint density at radius 1 is 0.667 bits per heavy atom. The molecule has 260 valence electrons. The first kappa shape index (κ1) is 42.3. The van der Waals surface area contributed by atoms with Gasteiger partial charge in [-0.2, -0.15) is 0 Å². The van der Waals surface area contributed by atoms with Gasteiger partial charge in [0.25, 0.3) is 0 Å². The molecule has 9 nitrogen and oxygen atoms in total. The number of carboxylic acids is 1. The Hall–Kier alpha value is -2.68. The van der Waals surface area contributed by atoms with Gasteiger partial charge in [-0.25, -0.2) is 4.79 Å². The van der Waals surface area contributed by atoms with Crippen molar-refractivity contribution in [3.05, 3.63) is 24.3 Å². The smallest absolute Gasteiger partial charge is 0.328 e. The maximum atomic E-state index is 12.5. The fourth-order valence-corrected chi connectivity index (χ4v) is 4.85. The number of hydrogen-bond donors (Lipinski definition) is 4. The van der Waals surface area contributed by atoms with E-state index in [4.69, 9.17) is 14.9 Å². The Labute approximate surface area is 273 Å². The number of hydrogen-bond acceptors (Lipinski definition) is 6. The molecule has 0 aliphatic carbocycles.